The Labute approximate surface area is 136 Å². The molecule has 1 aromatic heterocycles. The molecule has 2 aromatic rings. The molecule has 2 unspecified atom stereocenters. The molecule has 1 aliphatic rings. The molecule has 23 heavy (non-hydrogen) atoms. The van der Waals surface area contributed by atoms with Crippen molar-refractivity contribution in [2.75, 3.05) is 19.7 Å². The minimum atomic E-state index is -0.0170. The maximum atomic E-state index is 12.4. The van der Waals surface area contributed by atoms with E-state index in [0.29, 0.717) is 18.8 Å². The Morgan fingerprint density at radius 1 is 1.26 bits per heavy atom. The molecular formula is C18H22N2O3. The number of pyridine rings is 1. The summed E-state index contributed by atoms with van der Waals surface area (Å²) in [5.74, 6) is 0.630. The number of ether oxygens (including phenoxy) is 2. The molecule has 0 N–H and O–H groups in total. The molecule has 1 fully saturated rings. The summed E-state index contributed by atoms with van der Waals surface area (Å²) in [5, 5.41) is 1.01. The minimum absolute atomic E-state index is 0.0170. The molecule has 122 valence electrons. The summed E-state index contributed by atoms with van der Waals surface area (Å²) in [4.78, 5) is 18.7. The number of carbonyl (C=O) groups excluding carboxylic acids is 1. The van der Waals surface area contributed by atoms with Crippen LogP contribution in [0.15, 0.2) is 30.3 Å². The van der Waals surface area contributed by atoms with Crippen LogP contribution in [-0.2, 0) is 9.53 Å². The molecule has 1 aromatic carbocycles. The van der Waals surface area contributed by atoms with Crippen LogP contribution in [0.1, 0.15) is 19.5 Å². The number of carbonyl (C=O) groups is 1. The third-order valence-corrected chi connectivity index (χ3v) is 3.95. The van der Waals surface area contributed by atoms with Gasteiger partial charge in [0.2, 0.25) is 0 Å². The second-order valence-electron chi connectivity index (χ2n) is 6.13. The van der Waals surface area contributed by atoms with Crippen molar-refractivity contribution >= 4 is 16.8 Å². The number of nitrogens with zero attached hydrogens (tertiary/aromatic N) is 2. The summed E-state index contributed by atoms with van der Waals surface area (Å²) in [6, 6.07) is 9.73. The molecule has 1 saturated heterocycles. The Bertz CT molecular complexity index is 706. The fourth-order valence-electron chi connectivity index (χ4n) is 2.95. The van der Waals surface area contributed by atoms with E-state index in [1.54, 1.807) is 0 Å². The quantitative estimate of drug-likeness (QED) is 0.874. The Kier molecular flexibility index (Phi) is 4.48. The highest BCUT2D eigenvalue weighted by atomic mass is 16.5. The molecule has 5 nitrogen and oxygen atoms in total. The van der Waals surface area contributed by atoms with Crippen LogP contribution in [0, 0.1) is 6.92 Å². The normalized spacial score (nSPS) is 21.4. The van der Waals surface area contributed by atoms with Crippen molar-refractivity contribution in [3.8, 4) is 5.75 Å². The topological polar surface area (TPSA) is 51.7 Å². The molecule has 0 spiro atoms. The van der Waals surface area contributed by atoms with Gasteiger partial charge in [0.05, 0.1) is 12.2 Å². The summed E-state index contributed by atoms with van der Waals surface area (Å²) in [6.07, 6.45) is 0.120. The number of amides is 1. The summed E-state index contributed by atoms with van der Waals surface area (Å²) in [7, 11) is 0. The van der Waals surface area contributed by atoms with E-state index < -0.39 is 0 Å². The van der Waals surface area contributed by atoms with Gasteiger partial charge in [0, 0.05) is 24.2 Å². The van der Waals surface area contributed by atoms with Crippen LogP contribution >= 0.6 is 0 Å². The number of morpholine rings is 1. The summed E-state index contributed by atoms with van der Waals surface area (Å²) < 4.78 is 11.4. The largest absolute Gasteiger partial charge is 0.481 e. The molecule has 2 atom stereocenters. The molecule has 0 radical (unpaired) electrons. The Morgan fingerprint density at radius 3 is 2.74 bits per heavy atom. The fraction of sp³-hybridized carbons (Fsp3) is 0.444. The van der Waals surface area contributed by atoms with Crippen molar-refractivity contribution in [2.45, 2.75) is 33.0 Å². The van der Waals surface area contributed by atoms with Gasteiger partial charge in [-0.05, 0) is 32.9 Å². The van der Waals surface area contributed by atoms with Gasteiger partial charge >= 0.3 is 0 Å². The summed E-state index contributed by atoms with van der Waals surface area (Å²) in [5.41, 5.74) is 1.72. The minimum Gasteiger partial charge on any atom is -0.481 e. The molecule has 2 heterocycles. The van der Waals surface area contributed by atoms with E-state index in [9.17, 15) is 4.79 Å². The van der Waals surface area contributed by atoms with Gasteiger partial charge < -0.3 is 14.4 Å². The number of rotatable bonds is 3. The predicted octanol–water partition coefficient (Wildman–Crippen LogP) is 2.56. The van der Waals surface area contributed by atoms with Crippen molar-refractivity contribution in [2.24, 2.45) is 0 Å². The van der Waals surface area contributed by atoms with Gasteiger partial charge in [0.1, 0.15) is 11.3 Å². The van der Waals surface area contributed by atoms with Crippen molar-refractivity contribution < 1.29 is 14.3 Å². The molecular weight excluding hydrogens is 292 g/mol. The average Bonchev–Trinajstić information content (AvgIpc) is 2.51. The first-order chi connectivity index (χ1) is 11.0. The van der Waals surface area contributed by atoms with Crippen LogP contribution in [0.4, 0.5) is 0 Å². The van der Waals surface area contributed by atoms with Crippen LogP contribution in [0.5, 0.6) is 5.75 Å². The van der Waals surface area contributed by atoms with E-state index in [4.69, 9.17) is 9.47 Å². The van der Waals surface area contributed by atoms with E-state index in [1.165, 1.54) is 0 Å². The van der Waals surface area contributed by atoms with Crippen LogP contribution in [-0.4, -0.2) is 47.7 Å². The van der Waals surface area contributed by atoms with Crippen molar-refractivity contribution in [1.82, 2.24) is 9.88 Å². The van der Waals surface area contributed by atoms with E-state index in [1.807, 2.05) is 56.0 Å². The zero-order valence-electron chi connectivity index (χ0n) is 13.8. The lowest BCUT2D eigenvalue weighted by Gasteiger charge is -2.35. The highest BCUT2D eigenvalue weighted by molar-refractivity contribution is 5.85. The average molecular weight is 314 g/mol. The number of aromatic nitrogens is 1. The molecule has 1 amide bonds. The number of para-hydroxylation sites is 1. The SMILES string of the molecule is Cc1ccc2cccc(OCC(=O)N3CC(C)OC(C)C3)c2n1. The van der Waals surface area contributed by atoms with Crippen LogP contribution < -0.4 is 4.74 Å². The fourth-order valence-corrected chi connectivity index (χ4v) is 2.95. The van der Waals surface area contributed by atoms with Crippen molar-refractivity contribution in [1.29, 1.82) is 0 Å². The number of fused-ring (bicyclic) bond motifs is 1. The van der Waals surface area contributed by atoms with Gasteiger partial charge in [-0.25, -0.2) is 4.98 Å². The van der Waals surface area contributed by atoms with Gasteiger partial charge in [-0.2, -0.15) is 0 Å². The van der Waals surface area contributed by atoms with Gasteiger partial charge in [-0.15, -0.1) is 0 Å². The summed E-state index contributed by atoms with van der Waals surface area (Å²) >= 11 is 0. The van der Waals surface area contributed by atoms with Gasteiger partial charge in [-0.3, -0.25) is 4.79 Å². The van der Waals surface area contributed by atoms with Gasteiger partial charge in [0.15, 0.2) is 6.61 Å². The third kappa shape index (κ3) is 3.62. The van der Waals surface area contributed by atoms with Gasteiger partial charge in [-0.1, -0.05) is 18.2 Å². The molecule has 5 heteroatoms. The van der Waals surface area contributed by atoms with E-state index in [-0.39, 0.29) is 24.7 Å². The van der Waals surface area contributed by atoms with E-state index >= 15 is 0 Å². The molecule has 1 aliphatic heterocycles. The van der Waals surface area contributed by atoms with Crippen LogP contribution in [0.2, 0.25) is 0 Å². The second kappa shape index (κ2) is 6.54. The lowest BCUT2D eigenvalue weighted by atomic mass is 10.2. The van der Waals surface area contributed by atoms with Crippen LogP contribution in [0.25, 0.3) is 10.9 Å². The number of hydrogen-bond acceptors (Lipinski definition) is 4. The number of aryl methyl sites for hydroxylation is 1. The van der Waals surface area contributed by atoms with Crippen molar-refractivity contribution in [3.05, 3.63) is 36.0 Å². The molecule has 0 aliphatic carbocycles. The highest BCUT2D eigenvalue weighted by Crippen LogP contribution is 2.24. The second-order valence-corrected chi connectivity index (χ2v) is 6.13. The monoisotopic (exact) mass is 314 g/mol. The molecule has 3 rings (SSSR count). The van der Waals surface area contributed by atoms with Crippen LogP contribution in [0.3, 0.4) is 0 Å². The zero-order valence-corrected chi connectivity index (χ0v) is 13.8. The maximum absolute atomic E-state index is 12.4. The Balaban J connectivity index is 1.71. The highest BCUT2D eigenvalue weighted by Gasteiger charge is 2.26. The van der Waals surface area contributed by atoms with Crippen molar-refractivity contribution in [3.63, 3.8) is 0 Å². The Morgan fingerprint density at radius 2 is 2.00 bits per heavy atom. The predicted molar refractivity (Wildman–Crippen MR) is 88.6 cm³/mol. The first-order valence-electron chi connectivity index (χ1n) is 7.95. The maximum Gasteiger partial charge on any atom is 0.260 e. The smallest absolute Gasteiger partial charge is 0.260 e. The third-order valence-electron chi connectivity index (χ3n) is 3.95. The molecule has 0 saturated carbocycles. The first kappa shape index (κ1) is 15.7. The van der Waals surface area contributed by atoms with E-state index in [2.05, 4.69) is 4.98 Å². The number of benzene rings is 1. The zero-order chi connectivity index (χ0) is 16.4. The standard InChI is InChI=1S/C18H22N2O3/c1-12-7-8-15-5-4-6-16(18(15)19-12)22-11-17(21)20-9-13(2)23-14(3)10-20/h4-8,13-14H,9-11H2,1-3H3. The lowest BCUT2D eigenvalue weighted by molar-refractivity contribution is -0.145. The Hall–Kier alpha value is -2.14. The summed E-state index contributed by atoms with van der Waals surface area (Å²) in [6.45, 7) is 7.15. The molecule has 0 bridgehead atoms. The number of hydrogen-bond donors (Lipinski definition) is 0. The van der Waals surface area contributed by atoms with E-state index in [0.717, 1.165) is 16.6 Å². The first-order valence-corrected chi connectivity index (χ1v) is 7.95. The lowest BCUT2D eigenvalue weighted by Crippen LogP contribution is -2.49. The van der Waals surface area contributed by atoms with Gasteiger partial charge in [0.25, 0.3) is 5.91 Å².